The van der Waals surface area contributed by atoms with Gasteiger partial charge in [-0.2, -0.15) is 0 Å². The highest BCUT2D eigenvalue weighted by Crippen LogP contribution is 2.46. The van der Waals surface area contributed by atoms with Crippen molar-refractivity contribution in [2.24, 2.45) is 0 Å². The standard InChI is InChI=1S/C24H28N4O/c1-15(12-16-6-8-17(9-7-16)22-25-27-28-26-22)18-10-11-19-20(13-18)24(4,5)21(29)14-23(19,2)3/h6-13,21,29H,14H2,1-5H3,(H,25,26,27,28)/b15-12+. The number of hydrogen-bond acceptors (Lipinski definition) is 4. The Morgan fingerprint density at radius 3 is 2.45 bits per heavy atom. The zero-order valence-electron chi connectivity index (χ0n) is 17.7. The Labute approximate surface area is 171 Å². The van der Waals surface area contributed by atoms with Crippen LogP contribution in [0.3, 0.4) is 0 Å². The van der Waals surface area contributed by atoms with E-state index in [1.807, 2.05) is 12.1 Å². The van der Waals surface area contributed by atoms with Crippen LogP contribution in [0.2, 0.25) is 0 Å². The SMILES string of the molecule is C/C(=C\c1ccc(-c2nnn[nH]2)cc1)c1ccc2c(c1)C(C)(C)C(O)CC2(C)C. The van der Waals surface area contributed by atoms with Gasteiger partial charge in [0, 0.05) is 11.0 Å². The van der Waals surface area contributed by atoms with Crippen LogP contribution in [-0.4, -0.2) is 31.8 Å². The van der Waals surface area contributed by atoms with Crippen molar-refractivity contribution in [3.05, 3.63) is 64.7 Å². The van der Waals surface area contributed by atoms with Gasteiger partial charge in [-0.1, -0.05) is 76.2 Å². The van der Waals surface area contributed by atoms with Gasteiger partial charge in [0.25, 0.3) is 0 Å². The molecule has 1 aromatic heterocycles. The third-order valence-electron chi connectivity index (χ3n) is 6.35. The predicted octanol–water partition coefficient (Wildman–Crippen LogP) is 4.75. The van der Waals surface area contributed by atoms with Crippen molar-refractivity contribution in [1.29, 1.82) is 0 Å². The molecule has 0 radical (unpaired) electrons. The quantitative estimate of drug-likeness (QED) is 0.635. The molecule has 1 unspecified atom stereocenters. The number of aromatic amines is 1. The lowest BCUT2D eigenvalue weighted by Gasteiger charge is -2.45. The number of aromatic nitrogens is 4. The van der Waals surface area contributed by atoms with Crippen LogP contribution in [0.4, 0.5) is 0 Å². The number of nitrogens with zero attached hydrogens (tertiary/aromatic N) is 3. The van der Waals surface area contributed by atoms with Crippen molar-refractivity contribution >= 4 is 11.6 Å². The summed E-state index contributed by atoms with van der Waals surface area (Å²) in [5, 5.41) is 24.7. The first-order chi connectivity index (χ1) is 13.7. The predicted molar refractivity (Wildman–Crippen MR) is 116 cm³/mol. The second kappa shape index (κ2) is 6.92. The van der Waals surface area contributed by atoms with Crippen molar-refractivity contribution in [1.82, 2.24) is 20.6 Å². The number of allylic oxidation sites excluding steroid dienone is 1. The van der Waals surface area contributed by atoms with Gasteiger partial charge >= 0.3 is 0 Å². The van der Waals surface area contributed by atoms with Crippen LogP contribution in [0.25, 0.3) is 23.0 Å². The highest BCUT2D eigenvalue weighted by atomic mass is 16.3. The minimum atomic E-state index is -0.345. The number of hydrogen-bond donors (Lipinski definition) is 2. The van der Waals surface area contributed by atoms with Gasteiger partial charge in [-0.25, -0.2) is 5.10 Å². The monoisotopic (exact) mass is 388 g/mol. The molecule has 2 aromatic carbocycles. The van der Waals surface area contributed by atoms with Gasteiger partial charge in [-0.05, 0) is 57.0 Å². The number of nitrogens with one attached hydrogen (secondary N) is 1. The van der Waals surface area contributed by atoms with Crippen LogP contribution in [0, 0.1) is 0 Å². The molecule has 1 atom stereocenters. The zero-order valence-corrected chi connectivity index (χ0v) is 17.7. The third kappa shape index (κ3) is 3.51. The van der Waals surface area contributed by atoms with Gasteiger partial charge in [0.15, 0.2) is 5.82 Å². The highest BCUT2D eigenvalue weighted by molar-refractivity contribution is 5.81. The maximum Gasteiger partial charge on any atom is 0.179 e. The first kappa shape index (κ1) is 19.5. The lowest BCUT2D eigenvalue weighted by molar-refractivity contribution is 0.0583. The van der Waals surface area contributed by atoms with Crippen LogP contribution in [0.1, 0.15) is 63.3 Å². The number of rotatable bonds is 3. The Hall–Kier alpha value is -2.79. The van der Waals surface area contributed by atoms with E-state index in [4.69, 9.17) is 0 Å². The normalized spacial score (nSPS) is 20.3. The molecule has 5 heteroatoms. The second-order valence-electron chi connectivity index (χ2n) is 9.29. The number of tetrazole rings is 1. The molecule has 2 N–H and O–H groups in total. The average molecular weight is 389 g/mol. The maximum atomic E-state index is 10.8. The van der Waals surface area contributed by atoms with Crippen molar-refractivity contribution in [3.8, 4) is 11.4 Å². The summed E-state index contributed by atoms with van der Waals surface area (Å²) in [6.45, 7) is 10.9. The number of H-pyrrole nitrogens is 1. The maximum absolute atomic E-state index is 10.8. The Balaban J connectivity index is 1.67. The molecule has 29 heavy (non-hydrogen) atoms. The van der Waals surface area contributed by atoms with Crippen LogP contribution in [0.15, 0.2) is 42.5 Å². The summed E-state index contributed by atoms with van der Waals surface area (Å²) >= 11 is 0. The molecular formula is C24H28N4O. The van der Waals surface area contributed by atoms with E-state index in [0.29, 0.717) is 5.82 Å². The molecule has 1 aliphatic carbocycles. The first-order valence-corrected chi connectivity index (χ1v) is 10.0. The van der Waals surface area contributed by atoms with Gasteiger partial charge in [-0.3, -0.25) is 0 Å². The number of fused-ring (bicyclic) bond motifs is 1. The molecule has 4 rings (SSSR count). The molecule has 0 amide bonds. The van der Waals surface area contributed by atoms with E-state index in [-0.39, 0.29) is 16.9 Å². The number of benzene rings is 2. The fourth-order valence-corrected chi connectivity index (χ4v) is 4.29. The van der Waals surface area contributed by atoms with E-state index < -0.39 is 0 Å². The Morgan fingerprint density at radius 1 is 1.07 bits per heavy atom. The Bertz CT molecular complexity index is 1050. The number of aliphatic hydroxyl groups excluding tert-OH is 1. The molecule has 0 aliphatic heterocycles. The Kier molecular flexibility index (Phi) is 4.66. The van der Waals surface area contributed by atoms with Crippen LogP contribution in [0.5, 0.6) is 0 Å². The number of aliphatic hydroxyl groups is 1. The molecule has 0 spiro atoms. The van der Waals surface area contributed by atoms with Crippen molar-refractivity contribution in [2.45, 2.75) is 58.0 Å². The van der Waals surface area contributed by atoms with Crippen molar-refractivity contribution in [2.75, 3.05) is 0 Å². The lowest BCUT2D eigenvalue weighted by Crippen LogP contribution is -2.45. The largest absolute Gasteiger partial charge is 0.392 e. The molecule has 0 saturated carbocycles. The summed E-state index contributed by atoms with van der Waals surface area (Å²) < 4.78 is 0. The van der Waals surface area contributed by atoms with Gasteiger partial charge < -0.3 is 5.11 Å². The van der Waals surface area contributed by atoms with Gasteiger partial charge in [-0.15, -0.1) is 5.10 Å². The van der Waals surface area contributed by atoms with E-state index >= 15 is 0 Å². The average Bonchev–Trinajstić information content (AvgIpc) is 3.21. The van der Waals surface area contributed by atoms with E-state index in [1.54, 1.807) is 0 Å². The minimum absolute atomic E-state index is 0.0220. The van der Waals surface area contributed by atoms with E-state index in [0.717, 1.165) is 17.5 Å². The minimum Gasteiger partial charge on any atom is -0.392 e. The first-order valence-electron chi connectivity index (χ1n) is 10.0. The molecule has 3 aromatic rings. The second-order valence-corrected chi connectivity index (χ2v) is 9.29. The third-order valence-corrected chi connectivity index (χ3v) is 6.35. The van der Waals surface area contributed by atoms with Crippen LogP contribution in [-0.2, 0) is 10.8 Å². The molecule has 0 bridgehead atoms. The van der Waals surface area contributed by atoms with Gasteiger partial charge in [0.1, 0.15) is 0 Å². The zero-order chi connectivity index (χ0) is 20.8. The summed E-state index contributed by atoms with van der Waals surface area (Å²) in [5.74, 6) is 0.662. The van der Waals surface area contributed by atoms with Crippen molar-refractivity contribution < 1.29 is 5.11 Å². The van der Waals surface area contributed by atoms with Gasteiger partial charge in [0.05, 0.1) is 6.10 Å². The van der Waals surface area contributed by atoms with Gasteiger partial charge in [0.2, 0.25) is 0 Å². The fourth-order valence-electron chi connectivity index (χ4n) is 4.29. The molecule has 5 nitrogen and oxygen atoms in total. The topological polar surface area (TPSA) is 74.7 Å². The van der Waals surface area contributed by atoms with E-state index in [2.05, 4.69) is 91.7 Å². The molecule has 0 fully saturated rings. The molecule has 0 saturated heterocycles. The summed E-state index contributed by atoms with van der Waals surface area (Å²) in [5.41, 5.74) is 6.77. The summed E-state index contributed by atoms with van der Waals surface area (Å²) in [6, 6.07) is 14.9. The molecule has 1 aliphatic rings. The summed E-state index contributed by atoms with van der Waals surface area (Å²) in [4.78, 5) is 0. The van der Waals surface area contributed by atoms with Crippen molar-refractivity contribution in [3.63, 3.8) is 0 Å². The highest BCUT2D eigenvalue weighted by Gasteiger charge is 2.43. The summed E-state index contributed by atoms with van der Waals surface area (Å²) in [6.07, 6.45) is 2.62. The van der Waals surface area contributed by atoms with E-state index in [1.165, 1.54) is 22.3 Å². The smallest absolute Gasteiger partial charge is 0.179 e. The van der Waals surface area contributed by atoms with Crippen LogP contribution < -0.4 is 0 Å². The fraction of sp³-hybridized carbons (Fsp3) is 0.375. The molecule has 150 valence electrons. The molecule has 1 heterocycles. The lowest BCUT2D eigenvalue weighted by atomic mass is 9.61. The molecular weight excluding hydrogens is 360 g/mol. The summed E-state index contributed by atoms with van der Waals surface area (Å²) in [7, 11) is 0. The van der Waals surface area contributed by atoms with E-state index in [9.17, 15) is 5.11 Å². The Morgan fingerprint density at radius 2 is 1.79 bits per heavy atom. The van der Waals surface area contributed by atoms with Crippen LogP contribution >= 0.6 is 0 Å².